The van der Waals surface area contributed by atoms with Gasteiger partial charge in [0.2, 0.25) is 0 Å². The van der Waals surface area contributed by atoms with Crippen molar-refractivity contribution >= 4 is 10.1 Å². The predicted molar refractivity (Wildman–Crippen MR) is 44.6 cm³/mol. The van der Waals surface area contributed by atoms with Gasteiger partial charge >= 0.3 is 0 Å². The Hall–Kier alpha value is -0.920. The zero-order chi connectivity index (χ0) is 9.90. The molecule has 0 aliphatic carbocycles. The van der Waals surface area contributed by atoms with Crippen molar-refractivity contribution in [3.05, 3.63) is 18.7 Å². The van der Waals surface area contributed by atoms with Gasteiger partial charge < -0.3 is 9.67 Å². The minimum absolute atomic E-state index is 0.0970. The Balaban J connectivity index is 2.47. The Morgan fingerprint density at radius 1 is 1.54 bits per heavy atom. The van der Waals surface area contributed by atoms with Crippen LogP contribution in [0.2, 0.25) is 0 Å². The first-order chi connectivity index (χ1) is 5.97. The van der Waals surface area contributed by atoms with Crippen LogP contribution in [0.5, 0.6) is 0 Å². The summed E-state index contributed by atoms with van der Waals surface area (Å²) in [6.45, 7) is 0.0970. The quantitative estimate of drug-likeness (QED) is 0.625. The van der Waals surface area contributed by atoms with Crippen LogP contribution in [0.25, 0.3) is 0 Å². The zero-order valence-electron chi connectivity index (χ0n) is 6.74. The number of hydrogen-bond acceptors (Lipinski definition) is 4. The van der Waals surface area contributed by atoms with Gasteiger partial charge in [-0.3, -0.25) is 4.55 Å². The van der Waals surface area contributed by atoms with E-state index in [1.165, 1.54) is 17.1 Å². The summed E-state index contributed by atoms with van der Waals surface area (Å²) in [4.78, 5) is 3.71. The van der Waals surface area contributed by atoms with Crippen LogP contribution in [-0.4, -0.2) is 39.5 Å². The van der Waals surface area contributed by atoms with Gasteiger partial charge in [-0.05, 0) is 0 Å². The van der Waals surface area contributed by atoms with Gasteiger partial charge in [0.1, 0.15) is 5.75 Å². The van der Waals surface area contributed by atoms with Gasteiger partial charge in [-0.2, -0.15) is 8.42 Å². The summed E-state index contributed by atoms with van der Waals surface area (Å²) in [5.41, 5.74) is 0. The van der Waals surface area contributed by atoms with E-state index in [0.29, 0.717) is 0 Å². The van der Waals surface area contributed by atoms with Crippen molar-refractivity contribution in [3.8, 4) is 0 Å². The van der Waals surface area contributed by atoms with Gasteiger partial charge in [0.15, 0.2) is 0 Å². The average Bonchev–Trinajstić information content (AvgIpc) is 2.34. The molecule has 13 heavy (non-hydrogen) atoms. The third-order valence-corrected chi connectivity index (χ3v) is 2.19. The molecule has 0 bridgehead atoms. The first-order valence-corrected chi connectivity index (χ1v) is 5.17. The molecule has 1 rings (SSSR count). The molecule has 0 aliphatic heterocycles. The zero-order valence-corrected chi connectivity index (χ0v) is 7.55. The normalized spacial score (nSPS) is 14.3. The van der Waals surface area contributed by atoms with Gasteiger partial charge in [0, 0.05) is 12.4 Å². The summed E-state index contributed by atoms with van der Waals surface area (Å²) in [6, 6.07) is 0. The highest BCUT2D eigenvalue weighted by Gasteiger charge is 2.13. The van der Waals surface area contributed by atoms with Crippen LogP contribution >= 0.6 is 0 Å². The van der Waals surface area contributed by atoms with Crippen molar-refractivity contribution in [1.82, 2.24) is 9.55 Å². The molecule has 0 fully saturated rings. The summed E-state index contributed by atoms with van der Waals surface area (Å²) in [5.74, 6) is -0.662. The summed E-state index contributed by atoms with van der Waals surface area (Å²) < 4.78 is 30.6. The maximum Gasteiger partial charge on any atom is 0.267 e. The smallest absolute Gasteiger partial charge is 0.267 e. The monoisotopic (exact) mass is 206 g/mol. The fourth-order valence-electron chi connectivity index (χ4n) is 0.934. The summed E-state index contributed by atoms with van der Waals surface area (Å²) in [5, 5.41) is 9.17. The van der Waals surface area contributed by atoms with Crippen LogP contribution in [0.1, 0.15) is 0 Å². The van der Waals surface area contributed by atoms with Gasteiger partial charge in [-0.25, -0.2) is 4.98 Å². The van der Waals surface area contributed by atoms with E-state index in [1.54, 1.807) is 6.20 Å². The van der Waals surface area contributed by atoms with Crippen LogP contribution in [0.3, 0.4) is 0 Å². The predicted octanol–water partition coefficient (Wildman–Crippen LogP) is -0.868. The van der Waals surface area contributed by atoms with Gasteiger partial charge in [0.25, 0.3) is 10.1 Å². The third-order valence-electron chi connectivity index (χ3n) is 1.38. The van der Waals surface area contributed by atoms with E-state index in [1.807, 2.05) is 0 Å². The molecule has 2 N–H and O–H groups in total. The summed E-state index contributed by atoms with van der Waals surface area (Å²) in [6.07, 6.45) is 3.44. The molecule has 0 saturated carbocycles. The van der Waals surface area contributed by atoms with Gasteiger partial charge in [-0.1, -0.05) is 0 Å². The van der Waals surface area contributed by atoms with Crippen molar-refractivity contribution in [2.75, 3.05) is 5.75 Å². The number of aromatic nitrogens is 2. The van der Waals surface area contributed by atoms with Crippen LogP contribution in [0.4, 0.5) is 0 Å². The molecule has 0 spiro atoms. The van der Waals surface area contributed by atoms with E-state index in [2.05, 4.69) is 4.98 Å². The van der Waals surface area contributed by atoms with Crippen LogP contribution in [-0.2, 0) is 16.7 Å². The topological polar surface area (TPSA) is 92.4 Å². The Morgan fingerprint density at radius 2 is 2.23 bits per heavy atom. The lowest BCUT2D eigenvalue weighted by molar-refractivity contribution is 0.174. The summed E-state index contributed by atoms with van der Waals surface area (Å²) >= 11 is 0. The molecule has 1 aromatic heterocycles. The lowest BCUT2D eigenvalue weighted by Gasteiger charge is -2.08. The molecule has 1 unspecified atom stereocenters. The number of aliphatic hydroxyl groups is 1. The van der Waals surface area contributed by atoms with E-state index in [0.717, 1.165) is 0 Å². The Kier molecular flexibility index (Phi) is 3.02. The molecule has 1 atom stereocenters. The van der Waals surface area contributed by atoms with Crippen LogP contribution < -0.4 is 0 Å². The molecule has 0 aliphatic rings. The average molecular weight is 206 g/mol. The van der Waals surface area contributed by atoms with Gasteiger partial charge in [-0.15, -0.1) is 0 Å². The molecule has 0 aromatic carbocycles. The molecule has 7 heteroatoms. The van der Waals surface area contributed by atoms with E-state index in [4.69, 9.17) is 9.66 Å². The number of aliphatic hydroxyl groups excluding tert-OH is 1. The first-order valence-electron chi connectivity index (χ1n) is 3.56. The van der Waals surface area contributed by atoms with Crippen molar-refractivity contribution < 1.29 is 18.1 Å². The minimum atomic E-state index is -4.11. The number of imidazole rings is 1. The third kappa shape index (κ3) is 4.02. The van der Waals surface area contributed by atoms with Crippen molar-refractivity contribution in [1.29, 1.82) is 0 Å². The molecule has 1 heterocycles. The molecule has 0 amide bonds. The highest BCUT2D eigenvalue weighted by Crippen LogP contribution is 1.95. The molecule has 74 valence electrons. The molecule has 6 nitrogen and oxygen atoms in total. The van der Waals surface area contributed by atoms with Crippen molar-refractivity contribution in [2.45, 2.75) is 12.6 Å². The lowest BCUT2D eigenvalue weighted by Crippen LogP contribution is -2.24. The summed E-state index contributed by atoms with van der Waals surface area (Å²) in [7, 11) is -4.11. The number of rotatable bonds is 4. The minimum Gasteiger partial charge on any atom is -0.390 e. The highest BCUT2D eigenvalue weighted by atomic mass is 32.2. The molecule has 0 radical (unpaired) electrons. The standard InChI is InChI=1S/C6H10N2O4S/c9-6(4-13(10,11)12)3-8-2-1-7-5-8/h1-2,5-6,9H,3-4H2,(H,10,11,12). The second kappa shape index (κ2) is 3.86. The van der Waals surface area contributed by atoms with Crippen LogP contribution in [0.15, 0.2) is 18.7 Å². The second-order valence-electron chi connectivity index (χ2n) is 2.66. The fourth-order valence-corrected chi connectivity index (χ4v) is 1.53. The number of nitrogens with zero attached hydrogens (tertiary/aromatic N) is 2. The highest BCUT2D eigenvalue weighted by molar-refractivity contribution is 7.85. The fraction of sp³-hybridized carbons (Fsp3) is 0.500. The van der Waals surface area contributed by atoms with E-state index in [-0.39, 0.29) is 6.54 Å². The molecule has 0 saturated heterocycles. The lowest BCUT2D eigenvalue weighted by atomic mass is 10.4. The van der Waals surface area contributed by atoms with E-state index >= 15 is 0 Å². The molecular weight excluding hydrogens is 196 g/mol. The van der Waals surface area contributed by atoms with E-state index < -0.39 is 22.0 Å². The Morgan fingerprint density at radius 3 is 2.69 bits per heavy atom. The SMILES string of the molecule is O=S(=O)(O)CC(O)Cn1ccnc1. The first kappa shape index (κ1) is 10.2. The second-order valence-corrected chi connectivity index (χ2v) is 4.16. The number of hydrogen-bond donors (Lipinski definition) is 2. The van der Waals surface area contributed by atoms with Gasteiger partial charge in [0.05, 0.1) is 19.0 Å². The molecular formula is C6H10N2O4S. The Labute approximate surface area is 75.6 Å². The van der Waals surface area contributed by atoms with Crippen molar-refractivity contribution in [3.63, 3.8) is 0 Å². The maximum absolute atomic E-state index is 10.3. The maximum atomic E-state index is 10.3. The van der Waals surface area contributed by atoms with Crippen molar-refractivity contribution in [2.24, 2.45) is 0 Å². The molecule has 1 aromatic rings. The van der Waals surface area contributed by atoms with E-state index in [9.17, 15) is 8.42 Å². The largest absolute Gasteiger partial charge is 0.390 e. The van der Waals surface area contributed by atoms with Crippen LogP contribution in [0, 0.1) is 0 Å². The Bertz CT molecular complexity index is 345.